The van der Waals surface area contributed by atoms with Gasteiger partial charge in [0.15, 0.2) is 0 Å². The fourth-order valence-electron chi connectivity index (χ4n) is 1.34. The number of unbranched alkanes of at least 4 members (excludes halogenated alkanes) is 1. The third-order valence-electron chi connectivity index (χ3n) is 2.16. The van der Waals surface area contributed by atoms with Crippen molar-refractivity contribution in [2.45, 2.75) is 39.5 Å². The van der Waals surface area contributed by atoms with Crippen LogP contribution in [0.1, 0.15) is 39.5 Å². The third-order valence-corrected chi connectivity index (χ3v) is 4.12. The summed E-state index contributed by atoms with van der Waals surface area (Å²) < 4.78 is 36.9. The lowest BCUT2D eigenvalue weighted by Crippen LogP contribution is -2.34. The minimum atomic E-state index is -3.23. The lowest BCUT2D eigenvalue weighted by molar-refractivity contribution is 0.398. The lowest BCUT2D eigenvalue weighted by atomic mass is 10.3. The fourth-order valence-corrected chi connectivity index (χ4v) is 2.94. The molecule has 0 aliphatic rings. The van der Waals surface area contributed by atoms with Gasteiger partial charge >= 0.3 is 0 Å². The second-order valence-corrected chi connectivity index (χ2v) is 5.70. The number of halogens is 1. The monoisotopic (exact) mass is 239 g/mol. The molecule has 0 heterocycles. The molecule has 0 aliphatic carbocycles. The average molecular weight is 239 g/mol. The largest absolute Gasteiger partial charge is 0.251 e. The first-order valence-electron chi connectivity index (χ1n) is 5.62. The van der Waals surface area contributed by atoms with Crippen molar-refractivity contribution in [3.8, 4) is 0 Å². The van der Waals surface area contributed by atoms with Gasteiger partial charge < -0.3 is 0 Å². The quantitative estimate of drug-likeness (QED) is 0.618. The van der Waals surface area contributed by atoms with E-state index in [1.165, 1.54) is 4.31 Å². The van der Waals surface area contributed by atoms with Gasteiger partial charge in [0.05, 0.1) is 12.4 Å². The lowest BCUT2D eigenvalue weighted by Gasteiger charge is -2.20. The summed E-state index contributed by atoms with van der Waals surface area (Å²) in [5.41, 5.74) is 0. The molecular weight excluding hydrogens is 217 g/mol. The maximum atomic E-state index is 11.9. The Labute approximate surface area is 92.7 Å². The molecule has 5 heteroatoms. The van der Waals surface area contributed by atoms with Gasteiger partial charge in [-0.05, 0) is 19.3 Å². The van der Waals surface area contributed by atoms with Gasteiger partial charge in [-0.1, -0.05) is 20.3 Å². The first-order chi connectivity index (χ1) is 7.08. The number of hydrogen-bond acceptors (Lipinski definition) is 2. The van der Waals surface area contributed by atoms with Gasteiger partial charge in [0.2, 0.25) is 10.0 Å². The highest BCUT2D eigenvalue weighted by Crippen LogP contribution is 2.07. The minimum Gasteiger partial charge on any atom is -0.251 e. The Balaban J connectivity index is 4.30. The van der Waals surface area contributed by atoms with Crippen molar-refractivity contribution >= 4 is 10.0 Å². The SMILES string of the molecule is CCCCN(CCC)S(=O)(=O)CCCF. The van der Waals surface area contributed by atoms with E-state index in [0.717, 1.165) is 19.3 Å². The van der Waals surface area contributed by atoms with Crippen LogP contribution in [0.15, 0.2) is 0 Å². The summed E-state index contributed by atoms with van der Waals surface area (Å²) in [7, 11) is -3.23. The molecule has 0 rings (SSSR count). The fraction of sp³-hybridized carbons (Fsp3) is 1.00. The number of nitrogens with zero attached hydrogens (tertiary/aromatic N) is 1. The second-order valence-electron chi connectivity index (χ2n) is 3.61. The Morgan fingerprint density at radius 1 is 1.07 bits per heavy atom. The molecule has 0 spiro atoms. The molecule has 0 bridgehead atoms. The minimum absolute atomic E-state index is 0.0623. The molecule has 0 aliphatic heterocycles. The van der Waals surface area contributed by atoms with Crippen molar-refractivity contribution in [1.82, 2.24) is 4.31 Å². The summed E-state index contributed by atoms with van der Waals surface area (Å²) in [5.74, 6) is -0.0623. The first-order valence-corrected chi connectivity index (χ1v) is 7.23. The van der Waals surface area contributed by atoms with Crippen LogP contribution in [0.25, 0.3) is 0 Å². The Kier molecular flexibility index (Phi) is 7.96. The van der Waals surface area contributed by atoms with Crippen LogP contribution in [-0.2, 0) is 10.0 Å². The van der Waals surface area contributed by atoms with E-state index >= 15 is 0 Å². The second kappa shape index (κ2) is 8.05. The Hall–Kier alpha value is -0.160. The summed E-state index contributed by atoms with van der Waals surface area (Å²) >= 11 is 0. The van der Waals surface area contributed by atoms with E-state index < -0.39 is 16.7 Å². The molecule has 0 saturated heterocycles. The van der Waals surface area contributed by atoms with Crippen molar-refractivity contribution in [2.75, 3.05) is 25.5 Å². The van der Waals surface area contributed by atoms with Crippen LogP contribution in [0.3, 0.4) is 0 Å². The van der Waals surface area contributed by atoms with Crippen molar-refractivity contribution in [2.24, 2.45) is 0 Å². The molecule has 3 nitrogen and oxygen atoms in total. The van der Waals surface area contributed by atoms with Crippen LogP contribution in [0, 0.1) is 0 Å². The normalized spacial score (nSPS) is 12.3. The Morgan fingerprint density at radius 2 is 1.73 bits per heavy atom. The maximum Gasteiger partial charge on any atom is 0.214 e. The van der Waals surface area contributed by atoms with Gasteiger partial charge in [-0.2, -0.15) is 0 Å². The standard InChI is InChI=1S/C10H22FNO2S/c1-3-5-9-12(8-4-2)15(13,14)10-6-7-11/h3-10H2,1-2H3. The van der Waals surface area contributed by atoms with E-state index in [1.54, 1.807) is 0 Å². The zero-order valence-corrected chi connectivity index (χ0v) is 10.5. The van der Waals surface area contributed by atoms with Gasteiger partial charge in [0.25, 0.3) is 0 Å². The summed E-state index contributed by atoms with van der Waals surface area (Å²) in [6, 6.07) is 0. The van der Waals surface area contributed by atoms with E-state index in [0.29, 0.717) is 13.1 Å². The Bertz CT molecular complexity index is 242. The van der Waals surface area contributed by atoms with Crippen LogP contribution in [0.5, 0.6) is 0 Å². The zero-order valence-electron chi connectivity index (χ0n) is 9.71. The highest BCUT2D eigenvalue weighted by Gasteiger charge is 2.19. The molecule has 0 unspecified atom stereocenters. The van der Waals surface area contributed by atoms with Crippen molar-refractivity contribution < 1.29 is 12.8 Å². The number of hydrogen-bond donors (Lipinski definition) is 0. The number of sulfonamides is 1. The molecule has 0 amide bonds. The first kappa shape index (κ1) is 14.8. The third kappa shape index (κ3) is 6.10. The zero-order chi connectivity index (χ0) is 11.7. The van der Waals surface area contributed by atoms with Gasteiger partial charge in [-0.25, -0.2) is 12.7 Å². The highest BCUT2D eigenvalue weighted by molar-refractivity contribution is 7.89. The van der Waals surface area contributed by atoms with Crippen molar-refractivity contribution in [3.63, 3.8) is 0 Å². The predicted octanol–water partition coefficient (Wildman–Crippen LogP) is 2.19. The van der Waals surface area contributed by atoms with E-state index in [9.17, 15) is 12.8 Å². The van der Waals surface area contributed by atoms with Crippen LogP contribution >= 0.6 is 0 Å². The predicted molar refractivity (Wildman–Crippen MR) is 61.2 cm³/mol. The highest BCUT2D eigenvalue weighted by atomic mass is 32.2. The van der Waals surface area contributed by atoms with Gasteiger partial charge in [0, 0.05) is 13.1 Å². The molecule has 0 atom stereocenters. The summed E-state index contributed by atoms with van der Waals surface area (Å²) in [6.07, 6.45) is 2.75. The van der Waals surface area contributed by atoms with Crippen LogP contribution in [0.4, 0.5) is 4.39 Å². The van der Waals surface area contributed by atoms with E-state index in [4.69, 9.17) is 0 Å². The van der Waals surface area contributed by atoms with E-state index in [-0.39, 0.29) is 12.2 Å². The van der Waals surface area contributed by atoms with Crippen molar-refractivity contribution in [3.05, 3.63) is 0 Å². The summed E-state index contributed by atoms with van der Waals surface area (Å²) in [6.45, 7) is 4.53. The molecule has 0 N–H and O–H groups in total. The van der Waals surface area contributed by atoms with Gasteiger partial charge in [-0.3, -0.25) is 4.39 Å². The smallest absolute Gasteiger partial charge is 0.214 e. The van der Waals surface area contributed by atoms with Gasteiger partial charge in [0.1, 0.15) is 0 Å². The van der Waals surface area contributed by atoms with Crippen molar-refractivity contribution in [1.29, 1.82) is 0 Å². The maximum absolute atomic E-state index is 11.9. The molecule has 0 fully saturated rings. The average Bonchev–Trinajstić information content (AvgIpc) is 2.21. The number of rotatable bonds is 9. The molecule has 15 heavy (non-hydrogen) atoms. The van der Waals surface area contributed by atoms with Crippen LogP contribution < -0.4 is 0 Å². The molecule has 0 aromatic rings. The summed E-state index contributed by atoms with van der Waals surface area (Å²) in [4.78, 5) is 0. The molecule has 0 aromatic carbocycles. The molecule has 0 saturated carbocycles. The molecule has 0 radical (unpaired) electrons. The molecule has 0 aromatic heterocycles. The topological polar surface area (TPSA) is 37.4 Å². The summed E-state index contributed by atoms with van der Waals surface area (Å²) in [5, 5.41) is 0. The Morgan fingerprint density at radius 3 is 2.20 bits per heavy atom. The van der Waals surface area contributed by atoms with Gasteiger partial charge in [-0.15, -0.1) is 0 Å². The van der Waals surface area contributed by atoms with Crippen LogP contribution in [-0.4, -0.2) is 38.2 Å². The van der Waals surface area contributed by atoms with Crippen LogP contribution in [0.2, 0.25) is 0 Å². The molecule has 92 valence electrons. The van der Waals surface area contributed by atoms with E-state index in [2.05, 4.69) is 0 Å². The number of alkyl halides is 1. The molecular formula is C10H22FNO2S. The van der Waals surface area contributed by atoms with E-state index in [1.807, 2.05) is 13.8 Å².